The third kappa shape index (κ3) is 4.32. The molecule has 2 unspecified atom stereocenters. The summed E-state index contributed by atoms with van der Waals surface area (Å²) < 4.78 is 2.10. The van der Waals surface area contributed by atoms with E-state index in [4.69, 9.17) is 5.10 Å². The van der Waals surface area contributed by atoms with Crippen molar-refractivity contribution in [3.05, 3.63) is 18.0 Å². The van der Waals surface area contributed by atoms with Crippen LogP contribution in [-0.2, 0) is 6.54 Å². The number of rotatable bonds is 7. The summed E-state index contributed by atoms with van der Waals surface area (Å²) in [7, 11) is 0. The lowest BCUT2D eigenvalue weighted by Gasteiger charge is -2.29. The standard InChI is InChI=1S/C16H30N4/c1-4-14(3)20-11-9-16(18-20)13-19(5-2)12-15-8-6-7-10-17-15/h9,11,14-15,17H,4-8,10,12-13H2,1-3H3. The molecular weight excluding hydrogens is 248 g/mol. The Hall–Kier alpha value is -0.870. The van der Waals surface area contributed by atoms with Gasteiger partial charge in [-0.2, -0.15) is 5.10 Å². The van der Waals surface area contributed by atoms with Gasteiger partial charge in [-0.3, -0.25) is 9.58 Å². The van der Waals surface area contributed by atoms with Gasteiger partial charge in [-0.15, -0.1) is 0 Å². The van der Waals surface area contributed by atoms with Gasteiger partial charge in [0.15, 0.2) is 0 Å². The number of likely N-dealkylation sites (N-methyl/N-ethyl adjacent to an activating group) is 1. The fourth-order valence-corrected chi connectivity index (χ4v) is 2.82. The average molecular weight is 278 g/mol. The van der Waals surface area contributed by atoms with Crippen molar-refractivity contribution < 1.29 is 0 Å². The molecule has 0 radical (unpaired) electrons. The number of hydrogen-bond donors (Lipinski definition) is 1. The van der Waals surface area contributed by atoms with Crippen LogP contribution in [0, 0.1) is 0 Å². The smallest absolute Gasteiger partial charge is 0.0764 e. The molecule has 2 rings (SSSR count). The molecule has 0 amide bonds. The molecule has 1 aliphatic rings. The lowest BCUT2D eigenvalue weighted by atomic mass is 10.0. The highest BCUT2D eigenvalue weighted by atomic mass is 15.3. The molecule has 114 valence electrons. The Bertz CT molecular complexity index is 382. The molecule has 0 aromatic carbocycles. The fraction of sp³-hybridized carbons (Fsp3) is 0.812. The van der Waals surface area contributed by atoms with Crippen LogP contribution in [0.15, 0.2) is 12.3 Å². The van der Waals surface area contributed by atoms with E-state index in [1.807, 2.05) is 0 Å². The van der Waals surface area contributed by atoms with Gasteiger partial charge in [0.25, 0.3) is 0 Å². The number of piperidine rings is 1. The quantitative estimate of drug-likeness (QED) is 0.832. The molecule has 0 spiro atoms. The third-order valence-electron chi connectivity index (χ3n) is 4.43. The lowest BCUT2D eigenvalue weighted by molar-refractivity contribution is 0.223. The van der Waals surface area contributed by atoms with Crippen LogP contribution in [0.3, 0.4) is 0 Å². The van der Waals surface area contributed by atoms with Gasteiger partial charge in [0.05, 0.1) is 5.69 Å². The van der Waals surface area contributed by atoms with Crippen LogP contribution in [0.1, 0.15) is 58.2 Å². The largest absolute Gasteiger partial charge is 0.313 e. The van der Waals surface area contributed by atoms with E-state index in [0.29, 0.717) is 12.1 Å². The first-order valence-electron chi connectivity index (χ1n) is 8.22. The Morgan fingerprint density at radius 3 is 2.95 bits per heavy atom. The molecule has 4 heteroatoms. The molecule has 0 bridgehead atoms. The fourth-order valence-electron chi connectivity index (χ4n) is 2.82. The third-order valence-corrected chi connectivity index (χ3v) is 4.43. The summed E-state index contributed by atoms with van der Waals surface area (Å²) in [5.74, 6) is 0. The van der Waals surface area contributed by atoms with Gasteiger partial charge in [0, 0.05) is 31.4 Å². The normalized spacial score (nSPS) is 21.3. The molecule has 0 aliphatic carbocycles. The molecule has 2 atom stereocenters. The zero-order valence-corrected chi connectivity index (χ0v) is 13.3. The number of hydrogen-bond acceptors (Lipinski definition) is 3. The van der Waals surface area contributed by atoms with Crippen LogP contribution in [-0.4, -0.2) is 40.4 Å². The predicted octanol–water partition coefficient (Wildman–Crippen LogP) is 2.82. The van der Waals surface area contributed by atoms with Gasteiger partial charge in [-0.1, -0.05) is 20.3 Å². The highest BCUT2D eigenvalue weighted by molar-refractivity contribution is 5.00. The van der Waals surface area contributed by atoms with Crippen LogP contribution in [0.2, 0.25) is 0 Å². The van der Waals surface area contributed by atoms with Crippen molar-refractivity contribution in [3.63, 3.8) is 0 Å². The van der Waals surface area contributed by atoms with Crippen LogP contribution >= 0.6 is 0 Å². The van der Waals surface area contributed by atoms with Gasteiger partial charge in [0.2, 0.25) is 0 Å². The summed E-state index contributed by atoms with van der Waals surface area (Å²) >= 11 is 0. The summed E-state index contributed by atoms with van der Waals surface area (Å²) in [6, 6.07) is 3.34. The topological polar surface area (TPSA) is 33.1 Å². The number of aromatic nitrogens is 2. The van der Waals surface area contributed by atoms with Gasteiger partial charge in [-0.05, 0) is 45.3 Å². The Morgan fingerprint density at radius 2 is 2.30 bits per heavy atom. The summed E-state index contributed by atoms with van der Waals surface area (Å²) in [5, 5.41) is 8.35. The first-order chi connectivity index (χ1) is 9.72. The Morgan fingerprint density at radius 1 is 1.45 bits per heavy atom. The number of nitrogens with one attached hydrogen (secondary N) is 1. The van der Waals surface area contributed by atoms with Crippen LogP contribution in [0.4, 0.5) is 0 Å². The summed E-state index contributed by atoms with van der Waals surface area (Å²) in [5.41, 5.74) is 1.20. The van der Waals surface area contributed by atoms with Crippen molar-refractivity contribution in [3.8, 4) is 0 Å². The Kier molecular flexibility index (Phi) is 6.05. The van der Waals surface area contributed by atoms with Gasteiger partial charge in [0.1, 0.15) is 0 Å². The minimum Gasteiger partial charge on any atom is -0.313 e. The van der Waals surface area contributed by atoms with E-state index < -0.39 is 0 Å². The maximum Gasteiger partial charge on any atom is 0.0764 e. The van der Waals surface area contributed by atoms with Crippen LogP contribution in [0.25, 0.3) is 0 Å². The minimum absolute atomic E-state index is 0.499. The average Bonchev–Trinajstić information content (AvgIpc) is 2.95. The zero-order chi connectivity index (χ0) is 14.4. The van der Waals surface area contributed by atoms with Crippen molar-refractivity contribution in [2.24, 2.45) is 0 Å². The highest BCUT2D eigenvalue weighted by Gasteiger charge is 2.16. The number of nitrogens with zero attached hydrogens (tertiary/aromatic N) is 3. The lowest BCUT2D eigenvalue weighted by Crippen LogP contribution is -2.43. The SMILES string of the molecule is CCC(C)n1ccc(CN(CC)CC2CCCCN2)n1. The Balaban J connectivity index is 1.87. The molecule has 1 saturated heterocycles. The second kappa shape index (κ2) is 7.79. The molecule has 0 saturated carbocycles. The van der Waals surface area contributed by atoms with E-state index in [1.165, 1.54) is 31.5 Å². The van der Waals surface area contributed by atoms with Crippen LogP contribution < -0.4 is 5.32 Å². The van der Waals surface area contributed by atoms with E-state index in [1.54, 1.807) is 0 Å². The Labute approximate surface area is 123 Å². The van der Waals surface area contributed by atoms with E-state index in [-0.39, 0.29) is 0 Å². The molecule has 1 aromatic rings. The monoisotopic (exact) mass is 278 g/mol. The molecule has 1 fully saturated rings. The minimum atomic E-state index is 0.499. The zero-order valence-electron chi connectivity index (χ0n) is 13.3. The second-order valence-electron chi connectivity index (χ2n) is 6.02. The van der Waals surface area contributed by atoms with Crippen molar-refractivity contribution in [1.29, 1.82) is 0 Å². The molecule has 1 aromatic heterocycles. The summed E-state index contributed by atoms with van der Waals surface area (Å²) in [4.78, 5) is 2.51. The maximum atomic E-state index is 4.72. The van der Waals surface area contributed by atoms with Crippen molar-refractivity contribution >= 4 is 0 Å². The predicted molar refractivity (Wildman–Crippen MR) is 83.8 cm³/mol. The van der Waals surface area contributed by atoms with Gasteiger partial charge >= 0.3 is 0 Å². The van der Waals surface area contributed by atoms with E-state index in [2.05, 4.69) is 47.9 Å². The molecule has 20 heavy (non-hydrogen) atoms. The van der Waals surface area contributed by atoms with Crippen LogP contribution in [0.5, 0.6) is 0 Å². The molecule has 4 nitrogen and oxygen atoms in total. The first-order valence-corrected chi connectivity index (χ1v) is 8.22. The van der Waals surface area contributed by atoms with E-state index in [0.717, 1.165) is 26.1 Å². The summed E-state index contributed by atoms with van der Waals surface area (Å²) in [6.07, 6.45) is 7.28. The highest BCUT2D eigenvalue weighted by Crippen LogP contribution is 2.12. The van der Waals surface area contributed by atoms with Crippen molar-refractivity contribution in [2.45, 2.75) is 65.1 Å². The maximum absolute atomic E-state index is 4.72. The summed E-state index contributed by atoms with van der Waals surface area (Å²) in [6.45, 7) is 11.1. The first kappa shape index (κ1) is 15.5. The molecule has 1 aliphatic heterocycles. The van der Waals surface area contributed by atoms with E-state index in [9.17, 15) is 0 Å². The molecular formula is C16H30N4. The molecule has 1 N–H and O–H groups in total. The van der Waals surface area contributed by atoms with Crippen molar-refractivity contribution in [2.75, 3.05) is 19.6 Å². The van der Waals surface area contributed by atoms with Crippen molar-refractivity contribution in [1.82, 2.24) is 20.0 Å². The van der Waals surface area contributed by atoms with Gasteiger partial charge in [-0.25, -0.2) is 0 Å². The second-order valence-corrected chi connectivity index (χ2v) is 6.02. The van der Waals surface area contributed by atoms with E-state index >= 15 is 0 Å². The van der Waals surface area contributed by atoms with Gasteiger partial charge < -0.3 is 5.32 Å². The molecule has 2 heterocycles.